The first-order chi connectivity index (χ1) is 16.2. The van der Waals surface area contributed by atoms with Crippen LogP contribution in [0.25, 0.3) is 16.6 Å². The first-order valence-corrected chi connectivity index (χ1v) is 11.8. The zero-order valence-electron chi connectivity index (χ0n) is 19.4. The Morgan fingerprint density at radius 3 is 2.85 bits per heavy atom. The third-order valence-corrected chi connectivity index (χ3v) is 6.17. The highest BCUT2D eigenvalue weighted by atomic mass is 16.5. The van der Waals surface area contributed by atoms with Gasteiger partial charge in [0.15, 0.2) is 5.65 Å². The summed E-state index contributed by atoms with van der Waals surface area (Å²) in [6.45, 7) is 2.13. The Morgan fingerprint density at radius 2 is 2.09 bits per heavy atom. The molecule has 1 aliphatic rings. The molecule has 33 heavy (non-hydrogen) atoms. The third-order valence-electron chi connectivity index (χ3n) is 6.17. The number of allylic oxidation sites excluding steroid dienone is 4. The van der Waals surface area contributed by atoms with Crippen LogP contribution in [-0.4, -0.2) is 23.0 Å². The summed E-state index contributed by atoms with van der Waals surface area (Å²) >= 11 is 0. The first-order valence-electron chi connectivity index (χ1n) is 11.8. The van der Waals surface area contributed by atoms with Crippen molar-refractivity contribution in [2.45, 2.75) is 45.4 Å². The summed E-state index contributed by atoms with van der Waals surface area (Å²) in [6, 6.07) is 13.1. The molecule has 1 amide bonds. The minimum absolute atomic E-state index is 0.236. The van der Waals surface area contributed by atoms with Gasteiger partial charge in [0.2, 0.25) is 0 Å². The second-order valence-electron chi connectivity index (χ2n) is 8.46. The lowest BCUT2D eigenvalue weighted by Crippen LogP contribution is -2.13. The largest absolute Gasteiger partial charge is 0.496 e. The van der Waals surface area contributed by atoms with Crippen molar-refractivity contribution >= 4 is 28.3 Å². The van der Waals surface area contributed by atoms with Gasteiger partial charge in [-0.05, 0) is 73.2 Å². The molecule has 0 bridgehead atoms. The van der Waals surface area contributed by atoms with Crippen LogP contribution >= 0.6 is 0 Å². The summed E-state index contributed by atoms with van der Waals surface area (Å²) in [6.07, 6.45) is 15.8. The van der Waals surface area contributed by atoms with Crippen molar-refractivity contribution in [3.05, 3.63) is 78.0 Å². The van der Waals surface area contributed by atoms with Crippen LogP contribution in [0.2, 0.25) is 0 Å². The topological polar surface area (TPSA) is 64.1 Å². The SMILES string of the molecule is CC/C=C(\C=C/CCC1CCC1)c1ccc(C(=O)Nc2ccc3cccnc3n2)cc1OC. The lowest BCUT2D eigenvalue weighted by atomic mass is 9.82. The number of carbonyl (C=O) groups excluding carboxylic acids is 1. The van der Waals surface area contributed by atoms with E-state index in [1.807, 2.05) is 30.3 Å². The Morgan fingerprint density at radius 1 is 1.21 bits per heavy atom. The van der Waals surface area contributed by atoms with Gasteiger partial charge in [0, 0.05) is 22.7 Å². The van der Waals surface area contributed by atoms with E-state index < -0.39 is 0 Å². The molecule has 5 nitrogen and oxygen atoms in total. The molecule has 1 N–H and O–H groups in total. The highest BCUT2D eigenvalue weighted by Gasteiger charge is 2.16. The van der Waals surface area contributed by atoms with Gasteiger partial charge in [-0.2, -0.15) is 0 Å². The van der Waals surface area contributed by atoms with Gasteiger partial charge in [-0.25, -0.2) is 9.97 Å². The molecule has 170 valence electrons. The molecule has 0 unspecified atom stereocenters. The van der Waals surface area contributed by atoms with Crippen LogP contribution in [0.5, 0.6) is 5.75 Å². The van der Waals surface area contributed by atoms with Gasteiger partial charge >= 0.3 is 0 Å². The number of anilines is 1. The number of hydrogen-bond donors (Lipinski definition) is 1. The summed E-state index contributed by atoms with van der Waals surface area (Å²) in [4.78, 5) is 21.6. The second-order valence-corrected chi connectivity index (χ2v) is 8.46. The van der Waals surface area contributed by atoms with Crippen molar-refractivity contribution in [1.29, 1.82) is 0 Å². The molecule has 2 aromatic heterocycles. The van der Waals surface area contributed by atoms with Crippen molar-refractivity contribution in [3.8, 4) is 5.75 Å². The molecule has 5 heteroatoms. The van der Waals surface area contributed by atoms with Crippen LogP contribution in [0.3, 0.4) is 0 Å². The highest BCUT2D eigenvalue weighted by molar-refractivity contribution is 6.04. The number of ether oxygens (including phenoxy) is 1. The van der Waals surface area contributed by atoms with E-state index >= 15 is 0 Å². The predicted octanol–water partition coefficient (Wildman–Crippen LogP) is 6.82. The summed E-state index contributed by atoms with van der Waals surface area (Å²) < 4.78 is 5.66. The van der Waals surface area contributed by atoms with Crippen LogP contribution < -0.4 is 10.1 Å². The molecule has 1 saturated carbocycles. The Balaban J connectivity index is 1.49. The minimum Gasteiger partial charge on any atom is -0.496 e. The monoisotopic (exact) mass is 441 g/mol. The molecule has 0 radical (unpaired) electrons. The molecule has 0 aliphatic heterocycles. The Kier molecular flexibility index (Phi) is 7.51. The van der Waals surface area contributed by atoms with E-state index in [2.05, 4.69) is 40.4 Å². The van der Waals surface area contributed by atoms with E-state index in [0.29, 0.717) is 22.8 Å². The second kappa shape index (κ2) is 10.9. The fourth-order valence-corrected chi connectivity index (χ4v) is 4.09. The van der Waals surface area contributed by atoms with Gasteiger partial charge in [-0.1, -0.05) is 44.4 Å². The van der Waals surface area contributed by atoms with E-state index in [9.17, 15) is 4.79 Å². The van der Waals surface area contributed by atoms with Crippen LogP contribution in [0.1, 0.15) is 61.4 Å². The van der Waals surface area contributed by atoms with Crippen LogP contribution in [0.4, 0.5) is 5.82 Å². The number of rotatable bonds is 9. The molecule has 1 aromatic carbocycles. The van der Waals surface area contributed by atoms with Crippen LogP contribution in [-0.2, 0) is 0 Å². The van der Waals surface area contributed by atoms with Gasteiger partial charge in [0.05, 0.1) is 7.11 Å². The van der Waals surface area contributed by atoms with E-state index in [-0.39, 0.29) is 5.91 Å². The number of benzene rings is 1. The van der Waals surface area contributed by atoms with Crippen molar-refractivity contribution in [2.75, 3.05) is 12.4 Å². The van der Waals surface area contributed by atoms with E-state index in [1.165, 1.54) is 25.7 Å². The molecular formula is C28H31N3O2. The third kappa shape index (κ3) is 5.67. The van der Waals surface area contributed by atoms with Gasteiger partial charge in [-0.15, -0.1) is 0 Å². The van der Waals surface area contributed by atoms with Crippen molar-refractivity contribution in [1.82, 2.24) is 9.97 Å². The fourth-order valence-electron chi connectivity index (χ4n) is 4.09. The maximum Gasteiger partial charge on any atom is 0.256 e. The van der Waals surface area contributed by atoms with Gasteiger partial charge < -0.3 is 10.1 Å². The number of fused-ring (bicyclic) bond motifs is 1. The summed E-state index contributed by atoms with van der Waals surface area (Å²) in [5.74, 6) is 1.82. The zero-order chi connectivity index (χ0) is 23.0. The smallest absolute Gasteiger partial charge is 0.256 e. The minimum atomic E-state index is -0.236. The fraction of sp³-hybridized carbons (Fsp3) is 0.321. The van der Waals surface area contributed by atoms with Crippen LogP contribution in [0.15, 0.2) is 66.9 Å². The number of methoxy groups -OCH3 is 1. The Hall–Kier alpha value is -3.47. The molecule has 4 rings (SSSR count). The lowest BCUT2D eigenvalue weighted by molar-refractivity contribution is 0.102. The van der Waals surface area contributed by atoms with Crippen molar-refractivity contribution in [3.63, 3.8) is 0 Å². The number of aromatic nitrogens is 2. The maximum absolute atomic E-state index is 12.9. The number of nitrogens with zero attached hydrogens (tertiary/aromatic N) is 2. The standard InChI is InChI=1S/C28H31N3O2/c1-3-8-21(12-5-4-9-20-10-6-11-20)24-16-14-23(19-25(24)33-2)28(32)31-26-17-15-22-13-7-18-29-27(22)30-26/h5,7-8,12-20H,3-4,6,9-11H2,1-2H3,(H,29,30,31,32)/b12-5-,21-8+. The molecule has 2 heterocycles. The summed E-state index contributed by atoms with van der Waals surface area (Å²) in [5.41, 5.74) is 3.23. The zero-order valence-corrected chi connectivity index (χ0v) is 19.4. The Labute approximate surface area is 195 Å². The van der Waals surface area contributed by atoms with E-state index in [1.54, 1.807) is 25.4 Å². The van der Waals surface area contributed by atoms with Gasteiger partial charge in [-0.3, -0.25) is 4.79 Å². The number of hydrogen-bond acceptors (Lipinski definition) is 4. The number of carbonyl (C=O) groups is 1. The maximum atomic E-state index is 12.9. The van der Waals surface area contributed by atoms with Gasteiger partial charge in [0.25, 0.3) is 5.91 Å². The molecule has 1 fully saturated rings. The van der Waals surface area contributed by atoms with Crippen molar-refractivity contribution < 1.29 is 9.53 Å². The van der Waals surface area contributed by atoms with Crippen molar-refractivity contribution in [2.24, 2.45) is 5.92 Å². The van der Waals surface area contributed by atoms with E-state index in [0.717, 1.165) is 35.3 Å². The number of nitrogens with one attached hydrogen (secondary N) is 1. The molecular weight excluding hydrogens is 410 g/mol. The van der Waals surface area contributed by atoms with E-state index in [4.69, 9.17) is 4.74 Å². The molecule has 0 spiro atoms. The predicted molar refractivity (Wildman–Crippen MR) is 134 cm³/mol. The molecule has 1 aliphatic carbocycles. The average molecular weight is 442 g/mol. The Bertz CT molecular complexity index is 1180. The first kappa shape index (κ1) is 22.7. The van der Waals surface area contributed by atoms with Gasteiger partial charge in [0.1, 0.15) is 11.6 Å². The average Bonchev–Trinajstić information content (AvgIpc) is 2.81. The highest BCUT2D eigenvalue weighted by Crippen LogP contribution is 2.32. The number of pyridine rings is 2. The molecule has 0 atom stereocenters. The summed E-state index contributed by atoms with van der Waals surface area (Å²) in [7, 11) is 1.64. The normalized spacial score (nSPS) is 14.4. The summed E-state index contributed by atoms with van der Waals surface area (Å²) in [5, 5.41) is 3.79. The quantitative estimate of drug-likeness (QED) is 0.370. The lowest BCUT2D eigenvalue weighted by Gasteiger charge is -2.24. The van der Waals surface area contributed by atoms with Crippen LogP contribution in [0, 0.1) is 5.92 Å². The number of amides is 1. The molecule has 3 aromatic rings. The molecule has 0 saturated heterocycles.